The molecule has 126 valence electrons. The van der Waals surface area contributed by atoms with Crippen molar-refractivity contribution in [2.24, 2.45) is 12.2 Å². The molecule has 0 radical (unpaired) electrons. The molecule has 0 spiro atoms. The third kappa shape index (κ3) is 3.66. The number of primary sulfonamides is 1. The molecule has 0 aliphatic carbocycles. The molecule has 24 heavy (non-hydrogen) atoms. The zero-order chi connectivity index (χ0) is 17.2. The Bertz CT molecular complexity index is 954. The lowest BCUT2D eigenvalue weighted by atomic mass is 10.3. The van der Waals surface area contributed by atoms with E-state index in [9.17, 15) is 8.42 Å². The van der Waals surface area contributed by atoms with Gasteiger partial charge in [-0.2, -0.15) is 5.10 Å². The zero-order valence-electron chi connectivity index (χ0n) is 12.8. The number of hydrogen-bond donors (Lipinski definition) is 1. The number of fused-ring (bicyclic) bond motifs is 1. The maximum absolute atomic E-state index is 11.2. The fourth-order valence-corrected chi connectivity index (χ4v) is 3.38. The van der Waals surface area contributed by atoms with Crippen LogP contribution < -0.4 is 9.88 Å². The molecule has 2 aromatic heterocycles. The molecule has 0 saturated heterocycles. The van der Waals surface area contributed by atoms with E-state index in [1.807, 2.05) is 7.05 Å². The first-order valence-corrected chi connectivity index (χ1v) is 9.49. The first-order valence-electron chi connectivity index (χ1n) is 6.96. The fraction of sp³-hybridized carbons (Fsp3) is 0.214. The van der Waals surface area contributed by atoms with Crippen LogP contribution in [0.4, 0.5) is 0 Å². The molecular formula is C14H15N5O3S2. The van der Waals surface area contributed by atoms with Crippen molar-refractivity contribution in [2.75, 3.05) is 12.4 Å². The summed E-state index contributed by atoms with van der Waals surface area (Å²) in [6.07, 6.45) is 3.25. The Labute approximate surface area is 143 Å². The molecule has 0 atom stereocenters. The minimum absolute atomic E-state index is 0.0594. The highest BCUT2D eigenvalue weighted by molar-refractivity contribution is 7.99. The number of rotatable bonds is 6. The van der Waals surface area contributed by atoms with Gasteiger partial charge in [0.2, 0.25) is 10.0 Å². The van der Waals surface area contributed by atoms with Gasteiger partial charge in [0.25, 0.3) is 0 Å². The second-order valence-corrected chi connectivity index (χ2v) is 7.54. The van der Waals surface area contributed by atoms with Gasteiger partial charge in [0, 0.05) is 12.8 Å². The first-order chi connectivity index (χ1) is 11.4. The molecule has 2 N–H and O–H groups in total. The number of thioether (sulfide) groups is 1. The number of nitrogens with two attached hydrogens (primary N) is 1. The number of aromatic nitrogens is 4. The van der Waals surface area contributed by atoms with E-state index in [1.54, 1.807) is 34.8 Å². The van der Waals surface area contributed by atoms with Crippen LogP contribution in [0.15, 0.2) is 46.7 Å². The van der Waals surface area contributed by atoms with Crippen molar-refractivity contribution in [1.29, 1.82) is 0 Å². The number of sulfonamides is 1. The summed E-state index contributed by atoms with van der Waals surface area (Å²) < 4.78 is 29.7. The Morgan fingerprint density at radius 1 is 1.25 bits per heavy atom. The summed E-state index contributed by atoms with van der Waals surface area (Å²) >= 11 is 1.54. The van der Waals surface area contributed by atoms with E-state index >= 15 is 0 Å². The van der Waals surface area contributed by atoms with Crippen LogP contribution in [-0.4, -0.2) is 40.5 Å². The van der Waals surface area contributed by atoms with Crippen molar-refractivity contribution in [2.45, 2.75) is 9.92 Å². The van der Waals surface area contributed by atoms with Crippen molar-refractivity contribution >= 4 is 32.8 Å². The Morgan fingerprint density at radius 2 is 2.00 bits per heavy atom. The smallest absolute Gasteiger partial charge is 0.238 e. The Hall–Kier alpha value is -2.17. The normalized spacial score (nSPS) is 11.8. The number of ether oxygens (including phenoxy) is 1. The number of hydrogen-bond acceptors (Lipinski definition) is 7. The molecule has 0 bridgehead atoms. The van der Waals surface area contributed by atoms with E-state index in [0.717, 1.165) is 16.1 Å². The zero-order valence-corrected chi connectivity index (χ0v) is 14.4. The number of benzene rings is 1. The molecular weight excluding hydrogens is 350 g/mol. The minimum atomic E-state index is -3.68. The van der Waals surface area contributed by atoms with Crippen LogP contribution in [0.5, 0.6) is 5.75 Å². The standard InChI is InChI=1S/C14H15N5O3S2/c1-19-13-12(8-18-19)14(17-9-16-13)23-7-6-22-10-2-4-11(5-3-10)24(15,20)21/h2-5,8-9H,6-7H2,1H3,(H2,15,20,21). The van der Waals surface area contributed by atoms with Crippen LogP contribution in [0.2, 0.25) is 0 Å². The van der Waals surface area contributed by atoms with Gasteiger partial charge in [-0.25, -0.2) is 23.5 Å². The van der Waals surface area contributed by atoms with Crippen LogP contribution >= 0.6 is 11.8 Å². The lowest BCUT2D eigenvalue weighted by molar-refractivity contribution is 0.343. The fourth-order valence-electron chi connectivity index (χ4n) is 2.08. The van der Waals surface area contributed by atoms with Crippen LogP contribution in [0.1, 0.15) is 0 Å². The monoisotopic (exact) mass is 365 g/mol. The molecule has 0 aliphatic rings. The van der Waals surface area contributed by atoms with Crippen LogP contribution in [0.25, 0.3) is 11.0 Å². The summed E-state index contributed by atoms with van der Waals surface area (Å²) in [7, 11) is -1.85. The highest BCUT2D eigenvalue weighted by atomic mass is 32.2. The van der Waals surface area contributed by atoms with Gasteiger partial charge < -0.3 is 4.74 Å². The van der Waals surface area contributed by atoms with Gasteiger partial charge in [0.15, 0.2) is 5.65 Å². The summed E-state index contributed by atoms with van der Waals surface area (Å²) in [5.74, 6) is 1.26. The SMILES string of the molecule is Cn1ncc2c(SCCOc3ccc(S(N)(=O)=O)cc3)ncnc21. The van der Waals surface area contributed by atoms with Gasteiger partial charge in [-0.05, 0) is 24.3 Å². The Balaban J connectivity index is 1.57. The van der Waals surface area contributed by atoms with E-state index in [1.165, 1.54) is 18.5 Å². The third-order valence-electron chi connectivity index (χ3n) is 3.24. The number of nitrogens with zero attached hydrogens (tertiary/aromatic N) is 4. The molecule has 0 amide bonds. The topological polar surface area (TPSA) is 113 Å². The Morgan fingerprint density at radius 3 is 2.71 bits per heavy atom. The van der Waals surface area contributed by atoms with Gasteiger partial charge in [-0.3, -0.25) is 4.68 Å². The van der Waals surface area contributed by atoms with Gasteiger partial charge in [-0.1, -0.05) is 0 Å². The second kappa shape index (κ2) is 6.75. The highest BCUT2D eigenvalue weighted by Gasteiger charge is 2.09. The lowest BCUT2D eigenvalue weighted by Crippen LogP contribution is -2.11. The molecule has 10 heteroatoms. The lowest BCUT2D eigenvalue weighted by Gasteiger charge is -2.07. The summed E-state index contributed by atoms with van der Waals surface area (Å²) in [6.45, 7) is 0.450. The summed E-state index contributed by atoms with van der Waals surface area (Å²) in [5, 5.41) is 11.0. The van der Waals surface area contributed by atoms with E-state index in [-0.39, 0.29) is 4.90 Å². The molecule has 1 aromatic carbocycles. The average molecular weight is 365 g/mol. The summed E-state index contributed by atoms with van der Waals surface area (Å²) in [5.41, 5.74) is 0.784. The van der Waals surface area contributed by atoms with Gasteiger partial charge in [-0.15, -0.1) is 11.8 Å². The quantitative estimate of drug-likeness (QED) is 0.396. The summed E-state index contributed by atoms with van der Waals surface area (Å²) in [6, 6.07) is 5.99. The molecule has 0 fully saturated rings. The predicted molar refractivity (Wildman–Crippen MR) is 90.3 cm³/mol. The number of aryl methyl sites for hydroxylation is 1. The molecule has 0 saturated carbocycles. The van der Waals surface area contributed by atoms with Crippen molar-refractivity contribution in [3.05, 3.63) is 36.8 Å². The van der Waals surface area contributed by atoms with E-state index in [4.69, 9.17) is 9.88 Å². The molecule has 3 rings (SSSR count). The molecule has 8 nitrogen and oxygen atoms in total. The van der Waals surface area contributed by atoms with Crippen LogP contribution in [0, 0.1) is 0 Å². The van der Waals surface area contributed by atoms with Crippen molar-refractivity contribution in [3.63, 3.8) is 0 Å². The third-order valence-corrected chi connectivity index (χ3v) is 5.13. The van der Waals surface area contributed by atoms with Gasteiger partial charge in [0.1, 0.15) is 17.1 Å². The van der Waals surface area contributed by atoms with E-state index < -0.39 is 10.0 Å². The molecule has 0 unspecified atom stereocenters. The minimum Gasteiger partial charge on any atom is -0.493 e. The van der Waals surface area contributed by atoms with Crippen LogP contribution in [-0.2, 0) is 17.1 Å². The summed E-state index contributed by atoms with van der Waals surface area (Å²) in [4.78, 5) is 8.52. The Kier molecular flexibility index (Phi) is 4.69. The molecule has 2 heterocycles. The van der Waals surface area contributed by atoms with Gasteiger partial charge in [0.05, 0.1) is 23.1 Å². The van der Waals surface area contributed by atoms with E-state index in [0.29, 0.717) is 18.1 Å². The van der Waals surface area contributed by atoms with E-state index in [2.05, 4.69) is 15.1 Å². The van der Waals surface area contributed by atoms with Crippen molar-refractivity contribution in [1.82, 2.24) is 19.7 Å². The largest absolute Gasteiger partial charge is 0.493 e. The van der Waals surface area contributed by atoms with Crippen molar-refractivity contribution < 1.29 is 13.2 Å². The second-order valence-electron chi connectivity index (χ2n) is 4.90. The molecule has 3 aromatic rings. The maximum Gasteiger partial charge on any atom is 0.238 e. The average Bonchev–Trinajstić information content (AvgIpc) is 2.93. The molecule has 0 aliphatic heterocycles. The maximum atomic E-state index is 11.2. The first kappa shape index (κ1) is 16.7. The van der Waals surface area contributed by atoms with Gasteiger partial charge >= 0.3 is 0 Å². The van der Waals surface area contributed by atoms with Crippen molar-refractivity contribution in [3.8, 4) is 5.75 Å². The predicted octanol–water partition coefficient (Wildman–Crippen LogP) is 1.18. The highest BCUT2D eigenvalue weighted by Crippen LogP contribution is 2.24. The van der Waals surface area contributed by atoms with Crippen LogP contribution in [0.3, 0.4) is 0 Å².